The van der Waals surface area contributed by atoms with Gasteiger partial charge in [0.25, 0.3) is 5.56 Å². The Morgan fingerprint density at radius 1 is 1.53 bits per heavy atom. The standard InChI is InChI=1S/C11H9BrN4OS2/c1-6-4-8(17)15-10(13-6)19-5-7-9(12)16-2-3-18-11(16)14-7/h2-4H,5H2,1H3,(H,13,15,17). The molecule has 3 rings (SSSR count). The highest BCUT2D eigenvalue weighted by atomic mass is 79.9. The van der Waals surface area contributed by atoms with E-state index < -0.39 is 0 Å². The number of H-pyrrole nitrogens is 1. The number of nitrogens with one attached hydrogen (secondary N) is 1. The van der Waals surface area contributed by atoms with Crippen LogP contribution in [-0.2, 0) is 5.75 Å². The van der Waals surface area contributed by atoms with Gasteiger partial charge < -0.3 is 4.98 Å². The molecule has 98 valence electrons. The number of rotatable bonds is 3. The van der Waals surface area contributed by atoms with Crippen molar-refractivity contribution in [1.82, 2.24) is 19.4 Å². The van der Waals surface area contributed by atoms with Crippen LogP contribution in [0.2, 0.25) is 0 Å². The number of aryl methyl sites for hydroxylation is 1. The number of thioether (sulfide) groups is 1. The van der Waals surface area contributed by atoms with Gasteiger partial charge in [-0.15, -0.1) is 11.3 Å². The van der Waals surface area contributed by atoms with Gasteiger partial charge in [-0.05, 0) is 22.9 Å². The van der Waals surface area contributed by atoms with Crippen molar-refractivity contribution in [2.45, 2.75) is 17.8 Å². The van der Waals surface area contributed by atoms with E-state index in [1.165, 1.54) is 17.8 Å². The van der Waals surface area contributed by atoms with Crippen LogP contribution in [0.15, 0.2) is 32.2 Å². The molecular weight excluding hydrogens is 348 g/mol. The van der Waals surface area contributed by atoms with Crippen LogP contribution in [0.3, 0.4) is 0 Å². The van der Waals surface area contributed by atoms with Gasteiger partial charge in [-0.25, -0.2) is 9.97 Å². The summed E-state index contributed by atoms with van der Waals surface area (Å²) in [5.41, 5.74) is 1.54. The van der Waals surface area contributed by atoms with Crippen molar-refractivity contribution >= 4 is 44.0 Å². The zero-order valence-corrected chi connectivity index (χ0v) is 13.1. The number of hydrogen-bond acceptors (Lipinski definition) is 5. The molecule has 0 radical (unpaired) electrons. The van der Waals surface area contributed by atoms with Crippen LogP contribution >= 0.6 is 39.0 Å². The molecule has 3 aromatic rings. The minimum atomic E-state index is -0.125. The number of hydrogen-bond donors (Lipinski definition) is 1. The third-order valence-corrected chi connectivity index (χ3v) is 4.94. The number of imidazole rings is 1. The summed E-state index contributed by atoms with van der Waals surface area (Å²) in [4.78, 5) is 23.8. The summed E-state index contributed by atoms with van der Waals surface area (Å²) in [7, 11) is 0. The predicted octanol–water partition coefficient (Wildman–Crippen LogP) is 2.84. The van der Waals surface area contributed by atoms with Crippen molar-refractivity contribution < 1.29 is 0 Å². The molecule has 0 aliphatic heterocycles. The van der Waals surface area contributed by atoms with Crippen molar-refractivity contribution in [3.05, 3.63) is 44.0 Å². The molecule has 0 fully saturated rings. The SMILES string of the molecule is Cc1cc(=O)[nH]c(SCc2nc3sccn3c2Br)n1. The van der Waals surface area contributed by atoms with Gasteiger partial charge >= 0.3 is 0 Å². The molecule has 0 aromatic carbocycles. The van der Waals surface area contributed by atoms with Crippen LogP contribution in [0.5, 0.6) is 0 Å². The summed E-state index contributed by atoms with van der Waals surface area (Å²) in [5, 5.41) is 2.61. The van der Waals surface area contributed by atoms with Crippen molar-refractivity contribution in [3.63, 3.8) is 0 Å². The number of thiazole rings is 1. The lowest BCUT2D eigenvalue weighted by molar-refractivity contribution is 0.904. The van der Waals surface area contributed by atoms with Crippen LogP contribution < -0.4 is 5.56 Å². The van der Waals surface area contributed by atoms with Gasteiger partial charge in [-0.3, -0.25) is 9.20 Å². The summed E-state index contributed by atoms with van der Waals surface area (Å²) >= 11 is 6.59. The Hall–Kier alpha value is -1.12. The van der Waals surface area contributed by atoms with Crippen LogP contribution in [0.4, 0.5) is 0 Å². The molecule has 0 amide bonds. The Morgan fingerprint density at radius 3 is 3.11 bits per heavy atom. The Morgan fingerprint density at radius 2 is 2.37 bits per heavy atom. The second-order valence-electron chi connectivity index (χ2n) is 3.89. The zero-order valence-electron chi connectivity index (χ0n) is 9.88. The van der Waals surface area contributed by atoms with E-state index in [9.17, 15) is 4.79 Å². The lowest BCUT2D eigenvalue weighted by atomic mass is 10.5. The second kappa shape index (κ2) is 5.10. The van der Waals surface area contributed by atoms with E-state index in [-0.39, 0.29) is 5.56 Å². The van der Waals surface area contributed by atoms with Gasteiger partial charge in [0, 0.05) is 29.1 Å². The molecule has 0 aliphatic carbocycles. The van der Waals surface area contributed by atoms with Gasteiger partial charge in [0.1, 0.15) is 4.60 Å². The smallest absolute Gasteiger partial charge is 0.251 e. The van der Waals surface area contributed by atoms with E-state index in [0.717, 1.165) is 21.0 Å². The highest BCUT2D eigenvalue weighted by molar-refractivity contribution is 9.10. The molecule has 0 saturated carbocycles. The van der Waals surface area contributed by atoms with Crippen molar-refractivity contribution in [1.29, 1.82) is 0 Å². The van der Waals surface area contributed by atoms with Crippen molar-refractivity contribution in [2.24, 2.45) is 0 Å². The summed E-state index contributed by atoms with van der Waals surface area (Å²) < 4.78 is 2.94. The second-order valence-corrected chi connectivity index (χ2v) is 6.47. The lowest BCUT2D eigenvalue weighted by Gasteiger charge is -2.00. The van der Waals surface area contributed by atoms with Crippen LogP contribution in [0.1, 0.15) is 11.4 Å². The number of nitrogens with zero attached hydrogens (tertiary/aromatic N) is 3. The van der Waals surface area contributed by atoms with Crippen LogP contribution in [0, 0.1) is 6.92 Å². The average Bonchev–Trinajstić information content (AvgIpc) is 2.89. The van der Waals surface area contributed by atoms with E-state index in [2.05, 4.69) is 30.9 Å². The number of halogens is 1. The first-order chi connectivity index (χ1) is 9.13. The number of aromatic nitrogens is 4. The molecule has 3 heterocycles. The van der Waals surface area contributed by atoms with Crippen LogP contribution in [0.25, 0.3) is 4.96 Å². The molecule has 3 aromatic heterocycles. The molecule has 5 nitrogen and oxygen atoms in total. The number of fused-ring (bicyclic) bond motifs is 1. The van der Waals surface area contributed by atoms with E-state index in [4.69, 9.17) is 0 Å². The minimum Gasteiger partial charge on any atom is -0.301 e. The highest BCUT2D eigenvalue weighted by Gasteiger charge is 2.11. The molecule has 19 heavy (non-hydrogen) atoms. The van der Waals surface area contributed by atoms with E-state index in [1.807, 2.05) is 22.9 Å². The molecule has 8 heteroatoms. The maximum Gasteiger partial charge on any atom is 0.251 e. The predicted molar refractivity (Wildman–Crippen MR) is 79.9 cm³/mol. The van der Waals surface area contributed by atoms with E-state index in [0.29, 0.717) is 10.9 Å². The molecule has 0 saturated heterocycles. The summed E-state index contributed by atoms with van der Waals surface area (Å²) in [6.45, 7) is 1.81. The van der Waals surface area contributed by atoms with Crippen LogP contribution in [-0.4, -0.2) is 19.4 Å². The topological polar surface area (TPSA) is 63.0 Å². The molecule has 0 atom stereocenters. The fourth-order valence-electron chi connectivity index (χ4n) is 1.65. The van der Waals surface area contributed by atoms with E-state index >= 15 is 0 Å². The Kier molecular flexibility index (Phi) is 3.46. The maximum absolute atomic E-state index is 11.4. The average molecular weight is 357 g/mol. The molecule has 0 bridgehead atoms. The molecule has 0 unspecified atom stereocenters. The molecule has 0 spiro atoms. The quantitative estimate of drug-likeness (QED) is 0.578. The Labute approximate surface area is 125 Å². The monoisotopic (exact) mass is 356 g/mol. The Balaban J connectivity index is 1.83. The summed E-state index contributed by atoms with van der Waals surface area (Å²) in [5.74, 6) is 0.654. The van der Waals surface area contributed by atoms with Gasteiger partial charge in [0.05, 0.1) is 5.69 Å². The van der Waals surface area contributed by atoms with Gasteiger partial charge in [-0.2, -0.15) is 0 Å². The third-order valence-electron chi connectivity index (χ3n) is 2.46. The van der Waals surface area contributed by atoms with Gasteiger partial charge in [0.2, 0.25) is 0 Å². The Bertz CT molecular complexity index is 791. The van der Waals surface area contributed by atoms with Crippen molar-refractivity contribution in [2.75, 3.05) is 0 Å². The fraction of sp³-hybridized carbons (Fsp3) is 0.182. The first kappa shape index (κ1) is 12.9. The van der Waals surface area contributed by atoms with Gasteiger partial charge in [-0.1, -0.05) is 11.8 Å². The normalized spacial score (nSPS) is 11.3. The third kappa shape index (κ3) is 2.60. The largest absolute Gasteiger partial charge is 0.301 e. The van der Waals surface area contributed by atoms with Gasteiger partial charge in [0.15, 0.2) is 10.1 Å². The highest BCUT2D eigenvalue weighted by Crippen LogP contribution is 2.27. The fourth-order valence-corrected chi connectivity index (χ4v) is 4.06. The molecule has 1 N–H and O–H groups in total. The van der Waals surface area contributed by atoms with Crippen molar-refractivity contribution in [3.8, 4) is 0 Å². The molecular formula is C11H9BrN4OS2. The molecule has 0 aliphatic rings. The minimum absolute atomic E-state index is 0.125. The zero-order chi connectivity index (χ0) is 13.4. The first-order valence-electron chi connectivity index (χ1n) is 5.44. The van der Waals surface area contributed by atoms with E-state index in [1.54, 1.807) is 11.3 Å². The first-order valence-corrected chi connectivity index (χ1v) is 8.10. The summed E-state index contributed by atoms with van der Waals surface area (Å²) in [6.07, 6.45) is 1.97. The summed E-state index contributed by atoms with van der Waals surface area (Å²) in [6, 6.07) is 1.48. The lowest BCUT2D eigenvalue weighted by Crippen LogP contribution is -2.08. The number of aromatic amines is 1. The maximum atomic E-state index is 11.4.